The van der Waals surface area contributed by atoms with Crippen LogP contribution in [0.5, 0.6) is 0 Å². The molecule has 3 rings (SSSR count). The van der Waals surface area contributed by atoms with Crippen molar-refractivity contribution >= 4 is 27.3 Å². The molecule has 0 saturated heterocycles. The summed E-state index contributed by atoms with van der Waals surface area (Å²) in [5.74, 6) is -0.859. The van der Waals surface area contributed by atoms with Crippen LogP contribution in [0.15, 0.2) is 18.2 Å². The quantitative estimate of drug-likeness (QED) is 0.405. The zero-order valence-electron chi connectivity index (χ0n) is 21.1. The van der Waals surface area contributed by atoms with Gasteiger partial charge >= 0.3 is 12.4 Å². The molecular formula is C24H28ClF6N3O4S. The smallest absolute Gasteiger partial charge is 0.388 e. The Hall–Kier alpha value is -2.32. The van der Waals surface area contributed by atoms with E-state index in [1.807, 2.05) is 0 Å². The molecule has 0 unspecified atom stereocenters. The number of nitrogens with one attached hydrogen (secondary N) is 1. The molecule has 1 heterocycles. The second-order valence-corrected chi connectivity index (χ2v) is 12.5. The van der Waals surface area contributed by atoms with E-state index in [9.17, 15) is 44.7 Å². The number of alkyl halides is 6. The lowest BCUT2D eigenvalue weighted by Gasteiger charge is -2.35. The van der Waals surface area contributed by atoms with Gasteiger partial charge in [-0.1, -0.05) is 23.7 Å². The first-order valence-electron chi connectivity index (χ1n) is 12.1. The molecule has 39 heavy (non-hydrogen) atoms. The Labute approximate surface area is 226 Å². The Balaban J connectivity index is 1.87. The number of aryl methyl sites for hydroxylation is 2. The molecule has 1 aromatic heterocycles. The Kier molecular flexibility index (Phi) is 9.03. The predicted molar refractivity (Wildman–Crippen MR) is 132 cm³/mol. The maximum absolute atomic E-state index is 14.0. The zero-order valence-corrected chi connectivity index (χ0v) is 22.7. The largest absolute Gasteiger partial charge is 0.417 e. The molecule has 7 nitrogen and oxygen atoms in total. The van der Waals surface area contributed by atoms with Crippen molar-refractivity contribution in [2.24, 2.45) is 0 Å². The number of rotatable bonds is 8. The normalized spacial score (nSPS) is 20.7. The molecule has 2 N–H and O–H groups in total. The number of halogens is 7. The van der Waals surface area contributed by atoms with Crippen molar-refractivity contribution in [3.8, 4) is 11.3 Å². The van der Waals surface area contributed by atoms with Gasteiger partial charge in [0.05, 0.1) is 27.1 Å². The standard InChI is InChI=1S/C24H28ClF6N3O4S/c1-3-34-20(16-5-4-14(6-11-23(26,27)28)12-17(16)24(29,30)31)18(25)19(33-34)21(35)32-13-22(36)9-7-15(8-10-22)39(2,37)38/h4-5,12,15,36H,3,6-11,13H2,1-2H3,(H,32,35)/t15-,22+. The number of hydrogen-bond acceptors (Lipinski definition) is 5. The van der Waals surface area contributed by atoms with Gasteiger partial charge in [0.2, 0.25) is 0 Å². The summed E-state index contributed by atoms with van der Waals surface area (Å²) < 4.78 is 104. The van der Waals surface area contributed by atoms with Crippen molar-refractivity contribution in [1.29, 1.82) is 0 Å². The van der Waals surface area contributed by atoms with Gasteiger partial charge in [-0.05, 0) is 50.7 Å². The van der Waals surface area contributed by atoms with E-state index in [1.165, 1.54) is 0 Å². The molecule has 1 amide bonds. The molecule has 2 aromatic rings. The number of nitrogens with zero attached hydrogens (tertiary/aromatic N) is 2. The third-order valence-corrected chi connectivity index (χ3v) is 8.84. The van der Waals surface area contributed by atoms with Crippen LogP contribution in [0.4, 0.5) is 26.3 Å². The van der Waals surface area contributed by atoms with Gasteiger partial charge in [-0.25, -0.2) is 8.42 Å². The van der Waals surface area contributed by atoms with Gasteiger partial charge in [0, 0.05) is 31.3 Å². The summed E-state index contributed by atoms with van der Waals surface area (Å²) >= 11 is 6.36. The van der Waals surface area contributed by atoms with E-state index in [1.54, 1.807) is 6.92 Å². The summed E-state index contributed by atoms with van der Waals surface area (Å²) in [6, 6.07) is 2.78. The molecule has 1 saturated carbocycles. The number of carbonyl (C=O) groups is 1. The highest BCUT2D eigenvalue weighted by Gasteiger charge is 2.39. The van der Waals surface area contributed by atoms with E-state index in [-0.39, 0.29) is 50.0 Å². The second kappa shape index (κ2) is 11.3. The van der Waals surface area contributed by atoms with Crippen molar-refractivity contribution in [2.75, 3.05) is 12.8 Å². The summed E-state index contributed by atoms with van der Waals surface area (Å²) in [5, 5.41) is 16.3. The van der Waals surface area contributed by atoms with E-state index in [2.05, 4.69) is 10.4 Å². The lowest BCUT2D eigenvalue weighted by atomic mass is 9.84. The van der Waals surface area contributed by atoms with Crippen LogP contribution in [0.25, 0.3) is 11.3 Å². The van der Waals surface area contributed by atoms with E-state index < -0.39 is 73.6 Å². The molecule has 0 radical (unpaired) electrons. The first-order chi connectivity index (χ1) is 17.8. The fraction of sp³-hybridized carbons (Fsp3) is 0.583. The Morgan fingerprint density at radius 3 is 2.33 bits per heavy atom. The number of carbonyl (C=O) groups excluding carboxylic acids is 1. The van der Waals surface area contributed by atoms with Crippen LogP contribution in [-0.4, -0.2) is 59.0 Å². The maximum atomic E-state index is 14.0. The fourth-order valence-corrected chi connectivity index (χ4v) is 6.02. The van der Waals surface area contributed by atoms with Gasteiger partial charge in [-0.2, -0.15) is 31.4 Å². The minimum absolute atomic E-state index is 0.0201. The van der Waals surface area contributed by atoms with Crippen molar-refractivity contribution in [3.05, 3.63) is 40.0 Å². The number of aliphatic hydroxyl groups is 1. The van der Waals surface area contributed by atoms with Gasteiger partial charge in [0.15, 0.2) is 5.69 Å². The first-order valence-corrected chi connectivity index (χ1v) is 14.4. The van der Waals surface area contributed by atoms with Gasteiger partial charge in [-0.15, -0.1) is 0 Å². The minimum atomic E-state index is -4.94. The Morgan fingerprint density at radius 1 is 1.21 bits per heavy atom. The summed E-state index contributed by atoms with van der Waals surface area (Å²) in [6.45, 7) is 1.32. The molecule has 0 bridgehead atoms. The van der Waals surface area contributed by atoms with Gasteiger partial charge < -0.3 is 10.4 Å². The van der Waals surface area contributed by atoms with Crippen LogP contribution in [0.2, 0.25) is 5.02 Å². The van der Waals surface area contributed by atoms with Crippen LogP contribution in [-0.2, 0) is 29.0 Å². The van der Waals surface area contributed by atoms with E-state index in [0.29, 0.717) is 6.07 Å². The molecule has 218 valence electrons. The van der Waals surface area contributed by atoms with E-state index in [0.717, 1.165) is 23.1 Å². The average Bonchev–Trinajstić information content (AvgIpc) is 3.16. The highest BCUT2D eigenvalue weighted by atomic mass is 35.5. The van der Waals surface area contributed by atoms with Crippen LogP contribution >= 0.6 is 11.6 Å². The van der Waals surface area contributed by atoms with Crippen molar-refractivity contribution in [1.82, 2.24) is 15.1 Å². The van der Waals surface area contributed by atoms with Crippen LogP contribution in [0.3, 0.4) is 0 Å². The topological polar surface area (TPSA) is 101 Å². The van der Waals surface area contributed by atoms with E-state index in [4.69, 9.17) is 11.6 Å². The average molecular weight is 604 g/mol. The first kappa shape index (κ1) is 31.2. The molecule has 0 aliphatic heterocycles. The number of hydrogen-bond donors (Lipinski definition) is 2. The lowest BCUT2D eigenvalue weighted by Crippen LogP contribution is -2.47. The highest BCUT2D eigenvalue weighted by Crippen LogP contribution is 2.41. The summed E-state index contributed by atoms with van der Waals surface area (Å²) in [4.78, 5) is 12.9. The number of benzene rings is 1. The fourth-order valence-electron chi connectivity index (χ4n) is 4.61. The zero-order chi connectivity index (χ0) is 29.4. The summed E-state index contributed by atoms with van der Waals surface area (Å²) in [5.41, 5.74) is -3.84. The van der Waals surface area contributed by atoms with Gasteiger partial charge in [-0.3, -0.25) is 9.48 Å². The van der Waals surface area contributed by atoms with Crippen LogP contribution < -0.4 is 5.32 Å². The molecule has 15 heteroatoms. The third kappa shape index (κ3) is 7.66. The van der Waals surface area contributed by atoms with Crippen molar-refractivity contribution < 1.29 is 44.7 Å². The molecule has 1 aliphatic rings. The molecule has 1 aromatic carbocycles. The van der Waals surface area contributed by atoms with Crippen LogP contribution in [0.1, 0.15) is 60.6 Å². The maximum Gasteiger partial charge on any atom is 0.417 e. The van der Waals surface area contributed by atoms with Crippen molar-refractivity contribution in [2.45, 2.75) is 75.2 Å². The third-order valence-electron chi connectivity index (χ3n) is 6.80. The Bertz CT molecular complexity index is 1320. The minimum Gasteiger partial charge on any atom is -0.388 e. The van der Waals surface area contributed by atoms with Crippen LogP contribution in [0, 0.1) is 0 Å². The molecule has 0 atom stereocenters. The molecule has 1 fully saturated rings. The molecule has 1 aliphatic carbocycles. The predicted octanol–water partition coefficient (Wildman–Crippen LogP) is 5.19. The van der Waals surface area contributed by atoms with Crippen molar-refractivity contribution in [3.63, 3.8) is 0 Å². The lowest BCUT2D eigenvalue weighted by molar-refractivity contribution is -0.137. The SMILES string of the molecule is CCn1nc(C(=O)NC[C@]2(O)CC[C@@H](S(C)(=O)=O)CC2)c(Cl)c1-c1ccc(CCC(F)(F)F)cc1C(F)(F)F. The molecule has 0 spiro atoms. The van der Waals surface area contributed by atoms with E-state index >= 15 is 0 Å². The highest BCUT2D eigenvalue weighted by molar-refractivity contribution is 7.91. The van der Waals surface area contributed by atoms with Gasteiger partial charge in [0.1, 0.15) is 9.84 Å². The number of amides is 1. The number of sulfone groups is 1. The summed E-state index contributed by atoms with van der Waals surface area (Å²) in [6.07, 6.45) is -9.65. The monoisotopic (exact) mass is 603 g/mol. The van der Waals surface area contributed by atoms with Gasteiger partial charge in [0.25, 0.3) is 5.91 Å². The number of aromatic nitrogens is 2. The Morgan fingerprint density at radius 2 is 1.82 bits per heavy atom. The molecular weight excluding hydrogens is 576 g/mol. The second-order valence-electron chi connectivity index (χ2n) is 9.76. The summed E-state index contributed by atoms with van der Waals surface area (Å²) in [7, 11) is -3.27.